The fraction of sp³-hybridized carbons (Fsp3) is 0.0714. The van der Waals surface area contributed by atoms with Gasteiger partial charge in [0.15, 0.2) is 0 Å². The van der Waals surface area contributed by atoms with Crippen molar-refractivity contribution in [2.24, 2.45) is 0 Å². The smallest absolute Gasteiger partial charge is 0.289 e. The van der Waals surface area contributed by atoms with Gasteiger partial charge in [0.05, 0.1) is 4.92 Å². The third-order valence-electron chi connectivity index (χ3n) is 2.82. The first kappa shape index (κ1) is 14.9. The molecule has 5 nitrogen and oxygen atoms in total. The molecule has 0 heterocycles. The van der Waals surface area contributed by atoms with E-state index in [2.05, 4.69) is 5.32 Å². The minimum absolute atomic E-state index is 0.0179. The summed E-state index contributed by atoms with van der Waals surface area (Å²) in [5.74, 6) is -0.900. The molecule has 0 atom stereocenters. The molecule has 0 aromatic heterocycles. The summed E-state index contributed by atoms with van der Waals surface area (Å²) in [7, 11) is 0. The maximum absolute atomic E-state index is 13.2. The molecule has 7 heteroatoms. The number of amides is 1. The molecule has 0 bridgehead atoms. The predicted molar refractivity (Wildman–Crippen MR) is 77.2 cm³/mol. The number of anilines is 1. The lowest BCUT2D eigenvalue weighted by Crippen LogP contribution is -2.12. The molecule has 1 amide bonds. The lowest BCUT2D eigenvalue weighted by Gasteiger charge is -2.07. The Morgan fingerprint density at radius 1 is 1.29 bits per heavy atom. The Hall–Kier alpha value is -2.47. The van der Waals surface area contributed by atoms with E-state index in [1.165, 1.54) is 30.3 Å². The summed E-state index contributed by atoms with van der Waals surface area (Å²) in [5.41, 5.74) is 0.527. The van der Waals surface area contributed by atoms with Crippen molar-refractivity contribution in [2.45, 2.75) is 6.92 Å². The van der Waals surface area contributed by atoms with Crippen LogP contribution in [0.2, 0.25) is 5.02 Å². The minimum Gasteiger partial charge on any atom is -0.322 e. The van der Waals surface area contributed by atoms with Crippen LogP contribution in [0.15, 0.2) is 36.4 Å². The Morgan fingerprint density at radius 2 is 2.00 bits per heavy atom. The molecule has 21 heavy (non-hydrogen) atoms. The van der Waals surface area contributed by atoms with Gasteiger partial charge in [-0.05, 0) is 42.8 Å². The van der Waals surface area contributed by atoms with Gasteiger partial charge in [0.25, 0.3) is 11.6 Å². The lowest BCUT2D eigenvalue weighted by atomic mass is 10.1. The molecule has 108 valence electrons. The van der Waals surface area contributed by atoms with Crippen molar-refractivity contribution in [1.29, 1.82) is 0 Å². The molecule has 0 unspecified atom stereocenters. The van der Waals surface area contributed by atoms with Crippen LogP contribution in [0.4, 0.5) is 15.8 Å². The van der Waals surface area contributed by atoms with E-state index in [1.807, 2.05) is 0 Å². The molecule has 2 aromatic carbocycles. The van der Waals surface area contributed by atoms with Gasteiger partial charge in [0.1, 0.15) is 10.8 Å². The van der Waals surface area contributed by atoms with E-state index in [4.69, 9.17) is 11.6 Å². The number of halogens is 2. The van der Waals surface area contributed by atoms with Crippen LogP contribution in [0.5, 0.6) is 0 Å². The summed E-state index contributed by atoms with van der Waals surface area (Å²) in [6.45, 7) is 1.54. The first-order valence-electron chi connectivity index (χ1n) is 5.90. The van der Waals surface area contributed by atoms with Gasteiger partial charge in [-0.3, -0.25) is 14.9 Å². The summed E-state index contributed by atoms with van der Waals surface area (Å²) in [4.78, 5) is 22.1. The predicted octanol–water partition coefficient (Wildman–Crippen LogP) is 3.95. The summed E-state index contributed by atoms with van der Waals surface area (Å²) in [6, 6.07) is 7.86. The lowest BCUT2D eigenvalue weighted by molar-refractivity contribution is -0.384. The van der Waals surface area contributed by atoms with Crippen molar-refractivity contribution in [3.63, 3.8) is 0 Å². The summed E-state index contributed by atoms with van der Waals surface area (Å²) < 4.78 is 13.2. The van der Waals surface area contributed by atoms with E-state index in [0.717, 1.165) is 6.07 Å². The number of benzene rings is 2. The highest BCUT2D eigenvalue weighted by Crippen LogP contribution is 2.27. The second-order valence-electron chi connectivity index (χ2n) is 4.34. The minimum atomic E-state index is -0.639. The van der Waals surface area contributed by atoms with Crippen LogP contribution in [0.3, 0.4) is 0 Å². The van der Waals surface area contributed by atoms with Crippen molar-refractivity contribution in [1.82, 2.24) is 0 Å². The number of hydrogen-bond donors (Lipinski definition) is 1. The first-order chi connectivity index (χ1) is 9.88. The van der Waals surface area contributed by atoms with Gasteiger partial charge in [0, 0.05) is 17.3 Å². The molecule has 0 aliphatic carbocycles. The molecule has 2 aromatic rings. The van der Waals surface area contributed by atoms with Crippen molar-refractivity contribution in [3.8, 4) is 0 Å². The molecular formula is C14H10ClFN2O3. The van der Waals surface area contributed by atoms with Gasteiger partial charge in [-0.15, -0.1) is 0 Å². The van der Waals surface area contributed by atoms with Gasteiger partial charge < -0.3 is 5.32 Å². The number of hydrogen-bond acceptors (Lipinski definition) is 3. The summed E-state index contributed by atoms with van der Waals surface area (Å²) >= 11 is 5.69. The van der Waals surface area contributed by atoms with Crippen LogP contribution in [0, 0.1) is 22.9 Å². The average molecular weight is 309 g/mol. The van der Waals surface area contributed by atoms with E-state index < -0.39 is 16.6 Å². The average Bonchev–Trinajstić information content (AvgIpc) is 2.43. The number of carbonyl (C=O) groups excluding carboxylic acids is 1. The van der Waals surface area contributed by atoms with Crippen molar-refractivity contribution < 1.29 is 14.1 Å². The zero-order chi connectivity index (χ0) is 15.6. The molecule has 0 aliphatic rings. The van der Waals surface area contributed by atoms with Crippen molar-refractivity contribution in [3.05, 3.63) is 68.5 Å². The second-order valence-corrected chi connectivity index (χ2v) is 4.75. The molecule has 0 fully saturated rings. The Kier molecular flexibility index (Phi) is 4.18. The second kappa shape index (κ2) is 5.88. The molecule has 2 rings (SSSR count). The zero-order valence-electron chi connectivity index (χ0n) is 10.9. The van der Waals surface area contributed by atoms with E-state index in [9.17, 15) is 19.3 Å². The largest absolute Gasteiger partial charge is 0.322 e. The van der Waals surface area contributed by atoms with Gasteiger partial charge in [0.2, 0.25) is 0 Å². The number of nitro benzene ring substituents is 1. The van der Waals surface area contributed by atoms with Crippen LogP contribution < -0.4 is 5.32 Å². The Balaban J connectivity index is 2.25. The summed E-state index contributed by atoms with van der Waals surface area (Å²) in [6.07, 6.45) is 0. The SMILES string of the molecule is Cc1cc(C(=O)Nc2ccc(Cl)c([N+](=O)[O-])c2)ccc1F. The highest BCUT2D eigenvalue weighted by Gasteiger charge is 2.14. The van der Waals surface area contributed by atoms with Crippen molar-refractivity contribution >= 4 is 28.9 Å². The molecule has 0 radical (unpaired) electrons. The highest BCUT2D eigenvalue weighted by atomic mass is 35.5. The van der Waals surface area contributed by atoms with Crippen LogP contribution in [-0.4, -0.2) is 10.8 Å². The number of nitrogens with one attached hydrogen (secondary N) is 1. The maximum Gasteiger partial charge on any atom is 0.289 e. The van der Waals surface area contributed by atoms with Gasteiger partial charge in [-0.25, -0.2) is 4.39 Å². The normalized spacial score (nSPS) is 10.2. The quantitative estimate of drug-likeness (QED) is 0.689. The van der Waals surface area contributed by atoms with E-state index in [1.54, 1.807) is 6.92 Å². The molecule has 0 saturated carbocycles. The Morgan fingerprint density at radius 3 is 2.62 bits per heavy atom. The van der Waals surface area contributed by atoms with Gasteiger partial charge in [-0.2, -0.15) is 0 Å². The monoisotopic (exact) mass is 308 g/mol. The van der Waals surface area contributed by atoms with Crippen LogP contribution in [-0.2, 0) is 0 Å². The molecule has 0 aliphatic heterocycles. The number of nitrogens with zero attached hydrogens (tertiary/aromatic N) is 1. The van der Waals surface area contributed by atoms with Gasteiger partial charge >= 0.3 is 0 Å². The Labute approximate surface area is 124 Å². The first-order valence-corrected chi connectivity index (χ1v) is 6.27. The van der Waals surface area contributed by atoms with E-state index in [-0.39, 0.29) is 22.0 Å². The number of aryl methyl sites for hydroxylation is 1. The van der Waals surface area contributed by atoms with Gasteiger partial charge in [-0.1, -0.05) is 11.6 Å². The highest BCUT2D eigenvalue weighted by molar-refractivity contribution is 6.32. The number of rotatable bonds is 3. The molecular weight excluding hydrogens is 299 g/mol. The number of carbonyl (C=O) groups is 1. The van der Waals surface area contributed by atoms with Crippen LogP contribution >= 0.6 is 11.6 Å². The fourth-order valence-electron chi connectivity index (χ4n) is 1.72. The maximum atomic E-state index is 13.2. The fourth-order valence-corrected chi connectivity index (χ4v) is 1.91. The summed E-state index contributed by atoms with van der Waals surface area (Å²) in [5, 5.41) is 13.3. The standard InChI is InChI=1S/C14H10ClFN2O3/c1-8-6-9(2-5-12(8)16)14(19)17-10-3-4-11(15)13(7-10)18(20)21/h2-7H,1H3,(H,17,19). The van der Waals surface area contributed by atoms with Crippen molar-refractivity contribution in [2.75, 3.05) is 5.32 Å². The van der Waals surface area contributed by atoms with E-state index >= 15 is 0 Å². The topological polar surface area (TPSA) is 72.2 Å². The molecule has 0 spiro atoms. The van der Waals surface area contributed by atoms with Crippen LogP contribution in [0.25, 0.3) is 0 Å². The molecule has 1 N–H and O–H groups in total. The van der Waals surface area contributed by atoms with E-state index in [0.29, 0.717) is 5.56 Å². The zero-order valence-corrected chi connectivity index (χ0v) is 11.6. The Bertz CT molecular complexity index is 734. The number of nitro groups is 1. The van der Waals surface area contributed by atoms with Crippen LogP contribution in [0.1, 0.15) is 15.9 Å². The third kappa shape index (κ3) is 3.35. The third-order valence-corrected chi connectivity index (χ3v) is 3.14. The molecule has 0 saturated heterocycles.